The normalized spacial score (nSPS) is 43.5. The Morgan fingerprint density at radius 1 is 1.18 bits per heavy atom. The van der Waals surface area contributed by atoms with Gasteiger partial charge in [-0.15, -0.1) is 0 Å². The standard InChI is InChI=1S/C14H17NO2/c15-2-1-12(13(16)17)14-6-9-3-10(7-14)5-11(4-9)8-14/h1,9-11H,3-8H2,(H,16,17)/b12-1+. The number of aliphatic carboxylic acids is 1. The van der Waals surface area contributed by atoms with E-state index in [1.807, 2.05) is 6.07 Å². The number of rotatable bonds is 2. The molecule has 90 valence electrons. The lowest BCUT2D eigenvalue weighted by molar-refractivity contribution is -0.136. The van der Waals surface area contributed by atoms with Crippen molar-refractivity contribution in [3.63, 3.8) is 0 Å². The van der Waals surface area contributed by atoms with E-state index in [2.05, 4.69) is 0 Å². The average Bonchev–Trinajstić information content (AvgIpc) is 2.23. The van der Waals surface area contributed by atoms with Crippen LogP contribution in [0.15, 0.2) is 11.6 Å². The molecule has 0 aromatic rings. The number of carbonyl (C=O) groups is 1. The molecule has 0 amide bonds. The minimum absolute atomic E-state index is 0.170. The van der Waals surface area contributed by atoms with Gasteiger partial charge in [-0.25, -0.2) is 4.79 Å². The zero-order chi connectivity index (χ0) is 12.0. The molecule has 4 bridgehead atoms. The van der Waals surface area contributed by atoms with Crippen molar-refractivity contribution in [2.75, 3.05) is 0 Å². The Hall–Kier alpha value is -1.30. The van der Waals surface area contributed by atoms with Crippen LogP contribution >= 0.6 is 0 Å². The quantitative estimate of drug-likeness (QED) is 0.587. The molecule has 4 fully saturated rings. The minimum Gasteiger partial charge on any atom is -0.478 e. The summed E-state index contributed by atoms with van der Waals surface area (Å²) in [5.41, 5.74) is 0.218. The van der Waals surface area contributed by atoms with Crippen molar-refractivity contribution in [1.29, 1.82) is 5.26 Å². The van der Waals surface area contributed by atoms with Crippen LogP contribution in [0, 0.1) is 34.5 Å². The first-order valence-corrected chi connectivity index (χ1v) is 6.46. The summed E-state index contributed by atoms with van der Waals surface area (Å²) < 4.78 is 0. The smallest absolute Gasteiger partial charge is 0.332 e. The van der Waals surface area contributed by atoms with Gasteiger partial charge in [0, 0.05) is 11.5 Å². The lowest BCUT2D eigenvalue weighted by Crippen LogP contribution is -2.48. The Balaban J connectivity index is 1.99. The maximum absolute atomic E-state index is 11.4. The van der Waals surface area contributed by atoms with Crippen molar-refractivity contribution >= 4 is 5.97 Å². The number of hydrogen-bond acceptors (Lipinski definition) is 2. The van der Waals surface area contributed by atoms with E-state index in [1.165, 1.54) is 25.3 Å². The van der Waals surface area contributed by atoms with E-state index in [4.69, 9.17) is 5.26 Å². The maximum atomic E-state index is 11.4. The van der Waals surface area contributed by atoms with Gasteiger partial charge in [-0.1, -0.05) is 0 Å². The lowest BCUT2D eigenvalue weighted by atomic mass is 9.47. The highest BCUT2D eigenvalue weighted by Gasteiger charge is 2.53. The van der Waals surface area contributed by atoms with Gasteiger partial charge < -0.3 is 5.11 Å². The third-order valence-corrected chi connectivity index (χ3v) is 5.05. The van der Waals surface area contributed by atoms with Crippen LogP contribution in [-0.2, 0) is 4.79 Å². The minimum atomic E-state index is -0.881. The van der Waals surface area contributed by atoms with E-state index in [0.717, 1.165) is 19.3 Å². The molecule has 0 atom stereocenters. The molecule has 0 heterocycles. The second kappa shape index (κ2) is 3.60. The molecule has 0 unspecified atom stereocenters. The van der Waals surface area contributed by atoms with Crippen LogP contribution in [0.1, 0.15) is 38.5 Å². The fourth-order valence-electron chi connectivity index (χ4n) is 4.95. The van der Waals surface area contributed by atoms with Crippen LogP contribution in [0.3, 0.4) is 0 Å². The van der Waals surface area contributed by atoms with Gasteiger partial charge in [0.2, 0.25) is 0 Å². The predicted molar refractivity (Wildman–Crippen MR) is 61.9 cm³/mol. The molecule has 4 rings (SSSR count). The summed E-state index contributed by atoms with van der Waals surface area (Å²) in [5, 5.41) is 18.1. The third-order valence-electron chi connectivity index (χ3n) is 5.05. The van der Waals surface area contributed by atoms with E-state index in [-0.39, 0.29) is 5.41 Å². The molecule has 0 radical (unpaired) electrons. The van der Waals surface area contributed by atoms with Crippen LogP contribution in [0.2, 0.25) is 0 Å². The van der Waals surface area contributed by atoms with Crippen LogP contribution < -0.4 is 0 Å². The summed E-state index contributed by atoms with van der Waals surface area (Å²) in [6.07, 6.45) is 8.15. The van der Waals surface area contributed by atoms with Crippen molar-refractivity contribution in [3.05, 3.63) is 11.6 Å². The van der Waals surface area contributed by atoms with Gasteiger partial charge >= 0.3 is 5.97 Å². The van der Waals surface area contributed by atoms with E-state index in [0.29, 0.717) is 23.3 Å². The fourth-order valence-corrected chi connectivity index (χ4v) is 4.95. The Kier molecular flexibility index (Phi) is 2.29. The van der Waals surface area contributed by atoms with Crippen molar-refractivity contribution in [1.82, 2.24) is 0 Å². The Morgan fingerprint density at radius 2 is 1.65 bits per heavy atom. The highest BCUT2D eigenvalue weighted by atomic mass is 16.4. The van der Waals surface area contributed by atoms with Gasteiger partial charge in [-0.05, 0) is 56.3 Å². The molecule has 0 aromatic carbocycles. The lowest BCUT2D eigenvalue weighted by Gasteiger charge is -2.56. The van der Waals surface area contributed by atoms with E-state index >= 15 is 0 Å². The third kappa shape index (κ3) is 1.58. The van der Waals surface area contributed by atoms with Gasteiger partial charge in [0.25, 0.3) is 0 Å². The van der Waals surface area contributed by atoms with E-state index < -0.39 is 5.97 Å². The molecule has 0 aromatic heterocycles. The number of allylic oxidation sites excluding steroid dienone is 1. The number of nitrogens with zero attached hydrogens (tertiary/aromatic N) is 1. The number of carboxylic acids is 1. The first kappa shape index (κ1) is 10.8. The highest BCUT2D eigenvalue weighted by Crippen LogP contribution is 2.62. The van der Waals surface area contributed by atoms with Crippen molar-refractivity contribution < 1.29 is 9.90 Å². The van der Waals surface area contributed by atoms with Crippen molar-refractivity contribution in [2.45, 2.75) is 38.5 Å². The summed E-state index contributed by atoms with van der Waals surface area (Å²) in [4.78, 5) is 11.4. The number of carboxylic acid groups (broad SMARTS) is 1. The Morgan fingerprint density at radius 3 is 2.00 bits per heavy atom. The van der Waals surface area contributed by atoms with Gasteiger partial charge in [-0.3, -0.25) is 0 Å². The molecule has 0 spiro atoms. The predicted octanol–water partition coefficient (Wildman–Crippen LogP) is 2.74. The molecule has 3 nitrogen and oxygen atoms in total. The number of hydrogen-bond donors (Lipinski definition) is 1. The van der Waals surface area contributed by atoms with Gasteiger partial charge in [0.05, 0.1) is 11.6 Å². The highest BCUT2D eigenvalue weighted by molar-refractivity contribution is 5.89. The Bertz CT molecular complexity index is 395. The summed E-state index contributed by atoms with van der Waals surface area (Å²) >= 11 is 0. The zero-order valence-corrected chi connectivity index (χ0v) is 9.85. The molecule has 3 heteroatoms. The summed E-state index contributed by atoms with van der Waals surface area (Å²) in [6.45, 7) is 0. The number of nitriles is 1. The first-order chi connectivity index (χ1) is 8.13. The summed E-state index contributed by atoms with van der Waals surface area (Å²) in [6, 6.07) is 1.93. The molecular weight excluding hydrogens is 214 g/mol. The summed E-state index contributed by atoms with van der Waals surface area (Å²) in [5.74, 6) is 1.25. The summed E-state index contributed by atoms with van der Waals surface area (Å²) in [7, 11) is 0. The molecule has 17 heavy (non-hydrogen) atoms. The molecule has 1 N–H and O–H groups in total. The zero-order valence-electron chi connectivity index (χ0n) is 9.85. The topological polar surface area (TPSA) is 61.1 Å². The van der Waals surface area contributed by atoms with Gasteiger partial charge in [-0.2, -0.15) is 5.26 Å². The average molecular weight is 231 g/mol. The monoisotopic (exact) mass is 231 g/mol. The van der Waals surface area contributed by atoms with Crippen LogP contribution in [0.4, 0.5) is 0 Å². The Labute approximate surface area is 101 Å². The molecule has 4 aliphatic rings. The van der Waals surface area contributed by atoms with Gasteiger partial charge in [0.15, 0.2) is 0 Å². The second-order valence-electron chi connectivity index (χ2n) is 6.19. The second-order valence-corrected chi connectivity index (χ2v) is 6.19. The van der Waals surface area contributed by atoms with Crippen LogP contribution in [0.25, 0.3) is 0 Å². The van der Waals surface area contributed by atoms with E-state index in [1.54, 1.807) is 0 Å². The maximum Gasteiger partial charge on any atom is 0.332 e. The van der Waals surface area contributed by atoms with Crippen molar-refractivity contribution in [3.8, 4) is 6.07 Å². The molecular formula is C14H17NO2. The van der Waals surface area contributed by atoms with Crippen LogP contribution in [0.5, 0.6) is 0 Å². The fraction of sp³-hybridized carbons (Fsp3) is 0.714. The molecule has 0 saturated heterocycles. The molecule has 0 aliphatic heterocycles. The van der Waals surface area contributed by atoms with Crippen molar-refractivity contribution in [2.24, 2.45) is 23.2 Å². The molecule has 4 saturated carbocycles. The van der Waals surface area contributed by atoms with Crippen LogP contribution in [-0.4, -0.2) is 11.1 Å². The largest absolute Gasteiger partial charge is 0.478 e. The van der Waals surface area contributed by atoms with Gasteiger partial charge in [0.1, 0.15) is 0 Å². The molecule has 4 aliphatic carbocycles. The van der Waals surface area contributed by atoms with E-state index in [9.17, 15) is 9.90 Å². The first-order valence-electron chi connectivity index (χ1n) is 6.46. The SMILES string of the molecule is N#C/C=C(\C(=O)O)C12CC3CC(CC(C3)C1)C2.